The number of hydrogen-bond acceptors (Lipinski definition) is 2. The van der Waals surface area contributed by atoms with Crippen LogP contribution in [0, 0.1) is 20.8 Å². The monoisotopic (exact) mass is 227 g/mol. The molecule has 0 aliphatic carbocycles. The minimum absolute atomic E-state index is 0.319. The first-order chi connectivity index (χ1) is 8.06. The zero-order valence-corrected chi connectivity index (χ0v) is 10.4. The molecule has 2 aromatic carbocycles. The van der Waals surface area contributed by atoms with E-state index in [4.69, 9.17) is 0 Å². The van der Waals surface area contributed by atoms with E-state index in [0.717, 1.165) is 16.9 Å². The summed E-state index contributed by atoms with van der Waals surface area (Å²) in [5.41, 5.74) is 5.31. The van der Waals surface area contributed by atoms with Crippen molar-refractivity contribution < 1.29 is 5.11 Å². The Morgan fingerprint density at radius 3 is 2.24 bits per heavy atom. The van der Waals surface area contributed by atoms with Gasteiger partial charge < -0.3 is 10.4 Å². The predicted octanol–water partition coefficient (Wildman–Crippen LogP) is 4.06. The Bertz CT molecular complexity index is 526. The number of rotatable bonds is 2. The van der Waals surface area contributed by atoms with Crippen molar-refractivity contribution >= 4 is 11.4 Å². The van der Waals surface area contributed by atoms with E-state index < -0.39 is 0 Å². The zero-order chi connectivity index (χ0) is 12.4. The van der Waals surface area contributed by atoms with Gasteiger partial charge >= 0.3 is 0 Å². The summed E-state index contributed by atoms with van der Waals surface area (Å²) in [5.74, 6) is 0.319. The molecule has 0 heterocycles. The molecule has 0 unspecified atom stereocenters. The molecule has 0 radical (unpaired) electrons. The topological polar surface area (TPSA) is 32.3 Å². The molecule has 2 nitrogen and oxygen atoms in total. The van der Waals surface area contributed by atoms with Gasteiger partial charge in [0.15, 0.2) is 0 Å². The van der Waals surface area contributed by atoms with E-state index >= 15 is 0 Å². The smallest absolute Gasteiger partial charge is 0.120 e. The molecule has 0 saturated heterocycles. The summed E-state index contributed by atoms with van der Waals surface area (Å²) < 4.78 is 0. The number of hydrogen-bond donors (Lipinski definition) is 2. The first-order valence-corrected chi connectivity index (χ1v) is 5.70. The van der Waals surface area contributed by atoms with Crippen molar-refractivity contribution in [2.24, 2.45) is 0 Å². The molecule has 0 aliphatic heterocycles. The highest BCUT2D eigenvalue weighted by molar-refractivity contribution is 5.66. The van der Waals surface area contributed by atoms with Crippen molar-refractivity contribution in [1.29, 1.82) is 0 Å². The van der Waals surface area contributed by atoms with Crippen LogP contribution in [0.15, 0.2) is 36.4 Å². The quantitative estimate of drug-likeness (QED) is 0.810. The number of phenols is 1. The largest absolute Gasteiger partial charge is 0.508 e. The molecule has 2 heteroatoms. The molecule has 0 atom stereocenters. The van der Waals surface area contributed by atoms with Gasteiger partial charge in [-0.3, -0.25) is 0 Å². The highest BCUT2D eigenvalue weighted by Crippen LogP contribution is 2.27. The van der Waals surface area contributed by atoms with E-state index in [9.17, 15) is 5.11 Å². The van der Waals surface area contributed by atoms with Gasteiger partial charge in [-0.2, -0.15) is 0 Å². The van der Waals surface area contributed by atoms with E-state index in [1.807, 2.05) is 19.1 Å². The van der Waals surface area contributed by atoms with Gasteiger partial charge in [-0.1, -0.05) is 12.1 Å². The Balaban J connectivity index is 2.34. The highest BCUT2D eigenvalue weighted by atomic mass is 16.3. The van der Waals surface area contributed by atoms with Gasteiger partial charge in [0.05, 0.1) is 0 Å². The van der Waals surface area contributed by atoms with Crippen LogP contribution in [-0.4, -0.2) is 5.11 Å². The molecule has 2 N–H and O–H groups in total. The van der Waals surface area contributed by atoms with Crippen molar-refractivity contribution in [3.63, 3.8) is 0 Å². The number of benzene rings is 2. The van der Waals surface area contributed by atoms with Gasteiger partial charge in [-0.25, -0.2) is 0 Å². The highest BCUT2D eigenvalue weighted by Gasteiger charge is 2.03. The molecule has 2 aromatic rings. The lowest BCUT2D eigenvalue weighted by molar-refractivity contribution is 0.471. The first-order valence-electron chi connectivity index (χ1n) is 5.70. The van der Waals surface area contributed by atoms with Gasteiger partial charge in [0, 0.05) is 16.9 Å². The SMILES string of the molecule is Cc1cc(C)cc(Nc2cccc(O)c2C)c1. The first kappa shape index (κ1) is 11.5. The zero-order valence-electron chi connectivity index (χ0n) is 10.4. The van der Waals surface area contributed by atoms with Crippen LogP contribution in [0.3, 0.4) is 0 Å². The molecule has 0 spiro atoms. The Morgan fingerprint density at radius 2 is 1.59 bits per heavy atom. The Kier molecular flexibility index (Phi) is 3.05. The molecule has 0 bridgehead atoms. The average molecular weight is 227 g/mol. The summed E-state index contributed by atoms with van der Waals surface area (Å²) in [4.78, 5) is 0. The molecule has 0 aromatic heterocycles. The summed E-state index contributed by atoms with van der Waals surface area (Å²) in [7, 11) is 0. The van der Waals surface area contributed by atoms with Crippen LogP contribution < -0.4 is 5.32 Å². The Morgan fingerprint density at radius 1 is 0.941 bits per heavy atom. The summed E-state index contributed by atoms with van der Waals surface area (Å²) in [6.07, 6.45) is 0. The van der Waals surface area contributed by atoms with Crippen LogP contribution in [0.5, 0.6) is 5.75 Å². The van der Waals surface area contributed by atoms with Crippen molar-refractivity contribution in [3.05, 3.63) is 53.1 Å². The second-order valence-corrected chi connectivity index (χ2v) is 4.45. The van der Waals surface area contributed by atoms with Crippen molar-refractivity contribution in [1.82, 2.24) is 0 Å². The van der Waals surface area contributed by atoms with Crippen molar-refractivity contribution in [2.45, 2.75) is 20.8 Å². The third kappa shape index (κ3) is 2.59. The molecule has 0 aliphatic rings. The lowest BCUT2D eigenvalue weighted by Crippen LogP contribution is -1.94. The lowest BCUT2D eigenvalue weighted by atomic mass is 10.1. The molecule has 0 amide bonds. The molecule has 0 saturated carbocycles. The van der Waals surface area contributed by atoms with E-state index in [1.54, 1.807) is 6.07 Å². The Hall–Kier alpha value is -1.96. The Labute approximate surface area is 102 Å². The number of aromatic hydroxyl groups is 1. The predicted molar refractivity (Wildman–Crippen MR) is 72.0 cm³/mol. The maximum Gasteiger partial charge on any atom is 0.120 e. The molecule has 0 fully saturated rings. The van der Waals surface area contributed by atoms with Gasteiger partial charge in [-0.05, 0) is 56.2 Å². The van der Waals surface area contributed by atoms with Gasteiger partial charge in [0.25, 0.3) is 0 Å². The van der Waals surface area contributed by atoms with Crippen LogP contribution in [0.25, 0.3) is 0 Å². The second-order valence-electron chi connectivity index (χ2n) is 4.45. The summed E-state index contributed by atoms with van der Waals surface area (Å²) in [5, 5.41) is 13.0. The second kappa shape index (κ2) is 4.50. The average Bonchev–Trinajstić information content (AvgIpc) is 2.23. The fourth-order valence-electron chi connectivity index (χ4n) is 1.96. The molecular weight excluding hydrogens is 210 g/mol. The van der Waals surface area contributed by atoms with Crippen LogP contribution in [0.2, 0.25) is 0 Å². The van der Waals surface area contributed by atoms with E-state index in [1.165, 1.54) is 11.1 Å². The maximum absolute atomic E-state index is 9.65. The van der Waals surface area contributed by atoms with Gasteiger partial charge in [-0.15, -0.1) is 0 Å². The van der Waals surface area contributed by atoms with Crippen LogP contribution in [0.4, 0.5) is 11.4 Å². The molecule has 17 heavy (non-hydrogen) atoms. The van der Waals surface area contributed by atoms with Crippen LogP contribution >= 0.6 is 0 Å². The standard InChI is InChI=1S/C15H17NO/c1-10-7-11(2)9-13(8-10)16-14-5-4-6-15(17)12(14)3/h4-9,16-17H,1-3H3. The van der Waals surface area contributed by atoms with Crippen molar-refractivity contribution in [2.75, 3.05) is 5.32 Å². The number of nitrogens with one attached hydrogen (secondary N) is 1. The molecule has 2 rings (SSSR count). The summed E-state index contributed by atoms with van der Waals surface area (Å²) in [6, 6.07) is 11.8. The molecule has 88 valence electrons. The minimum atomic E-state index is 0.319. The number of anilines is 2. The fraction of sp³-hybridized carbons (Fsp3) is 0.200. The number of aryl methyl sites for hydroxylation is 2. The van der Waals surface area contributed by atoms with E-state index in [0.29, 0.717) is 5.75 Å². The normalized spacial score (nSPS) is 10.3. The third-order valence-electron chi connectivity index (χ3n) is 2.81. The van der Waals surface area contributed by atoms with E-state index in [2.05, 4.69) is 37.4 Å². The lowest BCUT2D eigenvalue weighted by Gasteiger charge is -2.12. The summed E-state index contributed by atoms with van der Waals surface area (Å²) >= 11 is 0. The fourth-order valence-corrected chi connectivity index (χ4v) is 1.96. The minimum Gasteiger partial charge on any atom is -0.508 e. The van der Waals surface area contributed by atoms with Crippen molar-refractivity contribution in [3.8, 4) is 5.75 Å². The summed E-state index contributed by atoms with van der Waals surface area (Å²) in [6.45, 7) is 6.06. The molecular formula is C15H17NO. The van der Waals surface area contributed by atoms with Crippen LogP contribution in [0.1, 0.15) is 16.7 Å². The van der Waals surface area contributed by atoms with E-state index in [-0.39, 0.29) is 0 Å². The van der Waals surface area contributed by atoms with Gasteiger partial charge in [0.2, 0.25) is 0 Å². The van der Waals surface area contributed by atoms with Gasteiger partial charge in [0.1, 0.15) is 5.75 Å². The maximum atomic E-state index is 9.65. The third-order valence-corrected chi connectivity index (χ3v) is 2.81. The number of phenolic OH excluding ortho intramolecular Hbond substituents is 1. The van der Waals surface area contributed by atoms with Crippen LogP contribution in [-0.2, 0) is 0 Å².